The minimum atomic E-state index is 0.675. The molecule has 0 amide bonds. The van der Waals surface area contributed by atoms with Crippen LogP contribution in [0.2, 0.25) is 0 Å². The van der Waals surface area contributed by atoms with Crippen LogP contribution in [0, 0.1) is 0 Å². The molecule has 3 nitrogen and oxygen atoms in total. The normalized spacial score (nSPS) is 11.3. The van der Waals surface area contributed by atoms with Crippen LogP contribution in [0.3, 0.4) is 0 Å². The maximum Gasteiger partial charge on any atom is 0.160 e. The van der Waals surface area contributed by atoms with Crippen LogP contribution >= 0.6 is 0 Å². The van der Waals surface area contributed by atoms with Crippen molar-refractivity contribution in [1.82, 2.24) is 9.97 Å². The molecule has 2 aromatic heterocycles. The summed E-state index contributed by atoms with van der Waals surface area (Å²) in [5, 5.41) is 2.21. The first-order valence-electron chi connectivity index (χ1n) is 16.5. The molecule has 9 aromatic rings. The Labute approximate surface area is 284 Å². The van der Waals surface area contributed by atoms with Crippen LogP contribution in [0.5, 0.6) is 0 Å². The highest BCUT2D eigenvalue weighted by Gasteiger charge is 2.14. The van der Waals surface area contributed by atoms with Crippen molar-refractivity contribution in [1.29, 1.82) is 0 Å². The van der Waals surface area contributed by atoms with Gasteiger partial charge in [0.1, 0.15) is 11.2 Å². The van der Waals surface area contributed by atoms with Crippen molar-refractivity contribution in [3.63, 3.8) is 0 Å². The Bertz CT molecular complexity index is 2570. The average Bonchev–Trinajstić information content (AvgIpc) is 3.57. The number of nitrogens with zero attached hydrogens (tertiary/aromatic N) is 2. The Kier molecular flexibility index (Phi) is 7.14. The molecule has 230 valence electrons. The van der Waals surface area contributed by atoms with Gasteiger partial charge in [-0.1, -0.05) is 152 Å². The molecule has 0 bridgehead atoms. The lowest BCUT2D eigenvalue weighted by Crippen LogP contribution is -1.96. The van der Waals surface area contributed by atoms with Gasteiger partial charge < -0.3 is 4.42 Å². The number of fused-ring (bicyclic) bond motifs is 3. The van der Waals surface area contributed by atoms with Crippen molar-refractivity contribution in [2.24, 2.45) is 0 Å². The first kappa shape index (κ1) is 28.6. The van der Waals surface area contributed by atoms with Gasteiger partial charge in [0.05, 0.1) is 11.4 Å². The fraction of sp³-hybridized carbons (Fsp3) is 0. The molecule has 0 saturated carbocycles. The highest BCUT2D eigenvalue weighted by Crippen LogP contribution is 2.35. The van der Waals surface area contributed by atoms with Crippen molar-refractivity contribution in [2.45, 2.75) is 0 Å². The second-order valence-corrected chi connectivity index (χ2v) is 12.2. The number of rotatable bonds is 6. The fourth-order valence-corrected chi connectivity index (χ4v) is 6.54. The van der Waals surface area contributed by atoms with Crippen molar-refractivity contribution >= 4 is 21.9 Å². The van der Waals surface area contributed by atoms with E-state index in [1.54, 1.807) is 0 Å². The van der Waals surface area contributed by atoms with Crippen LogP contribution in [0.25, 0.3) is 89.2 Å². The molecular weight excluding hydrogens is 597 g/mol. The monoisotopic (exact) mass is 626 g/mol. The van der Waals surface area contributed by atoms with Crippen LogP contribution in [0.1, 0.15) is 0 Å². The SMILES string of the molecule is c1ccc(-c2ccc(-c3cc(-c4ccc5c(c4)oc4ccccc45)nc(-c4ccc(-c5cccc(-c6ccccc6)c5)cc4)n3)cc2)cc1. The molecule has 0 aliphatic rings. The molecule has 0 spiro atoms. The van der Waals surface area contributed by atoms with E-state index in [1.807, 2.05) is 30.3 Å². The van der Waals surface area contributed by atoms with Crippen molar-refractivity contribution in [3.05, 3.63) is 182 Å². The molecule has 0 unspecified atom stereocenters. The van der Waals surface area contributed by atoms with Gasteiger partial charge in [-0.05, 0) is 63.7 Å². The van der Waals surface area contributed by atoms with Gasteiger partial charge >= 0.3 is 0 Å². The Morgan fingerprint density at radius 3 is 1.45 bits per heavy atom. The van der Waals surface area contributed by atoms with Crippen LogP contribution in [-0.2, 0) is 0 Å². The minimum Gasteiger partial charge on any atom is -0.456 e. The third kappa shape index (κ3) is 5.58. The molecule has 2 heterocycles. The summed E-state index contributed by atoms with van der Waals surface area (Å²) >= 11 is 0. The van der Waals surface area contributed by atoms with Gasteiger partial charge in [0.25, 0.3) is 0 Å². The summed E-state index contributed by atoms with van der Waals surface area (Å²) < 4.78 is 6.25. The van der Waals surface area contributed by atoms with Crippen LogP contribution in [-0.4, -0.2) is 9.97 Å². The second-order valence-electron chi connectivity index (χ2n) is 12.2. The van der Waals surface area contributed by atoms with E-state index in [-0.39, 0.29) is 0 Å². The molecule has 0 atom stereocenters. The van der Waals surface area contributed by atoms with E-state index >= 15 is 0 Å². The largest absolute Gasteiger partial charge is 0.456 e. The van der Waals surface area contributed by atoms with Crippen LogP contribution < -0.4 is 0 Å². The zero-order valence-electron chi connectivity index (χ0n) is 26.6. The molecule has 0 radical (unpaired) electrons. The summed E-state index contributed by atoms with van der Waals surface area (Å²) in [6, 6.07) is 63.3. The van der Waals surface area contributed by atoms with E-state index < -0.39 is 0 Å². The van der Waals surface area contributed by atoms with Gasteiger partial charge in [-0.3, -0.25) is 0 Å². The van der Waals surface area contributed by atoms with Gasteiger partial charge in [-0.25, -0.2) is 9.97 Å². The topological polar surface area (TPSA) is 38.9 Å². The first-order valence-corrected chi connectivity index (χ1v) is 16.5. The number of aromatic nitrogens is 2. The summed E-state index contributed by atoms with van der Waals surface area (Å²) in [6.45, 7) is 0. The standard InChI is InChI=1S/C46H30N2O/c1-3-10-31(11-4-1)33-18-22-35(23-19-33)42-30-43(39-26-27-41-40-16-7-8-17-44(40)49-45(41)29-39)48-46(47-42)36-24-20-34(21-25-36)38-15-9-14-37(28-38)32-12-5-2-6-13-32/h1-30H. The minimum absolute atomic E-state index is 0.675. The third-order valence-corrected chi connectivity index (χ3v) is 9.13. The van der Waals surface area contributed by atoms with Crippen LogP contribution in [0.15, 0.2) is 186 Å². The molecule has 0 N–H and O–H groups in total. The molecule has 9 rings (SSSR count). The van der Waals surface area contributed by atoms with E-state index in [0.717, 1.165) is 55.6 Å². The van der Waals surface area contributed by atoms with E-state index in [0.29, 0.717) is 5.82 Å². The Morgan fingerprint density at radius 1 is 0.286 bits per heavy atom. The third-order valence-electron chi connectivity index (χ3n) is 9.13. The van der Waals surface area contributed by atoms with Crippen LogP contribution in [0.4, 0.5) is 0 Å². The summed E-state index contributed by atoms with van der Waals surface area (Å²) in [6.07, 6.45) is 0. The summed E-state index contributed by atoms with van der Waals surface area (Å²) in [7, 11) is 0. The Hall–Kier alpha value is -6.58. The summed E-state index contributed by atoms with van der Waals surface area (Å²) in [4.78, 5) is 10.2. The van der Waals surface area contributed by atoms with Crippen molar-refractivity contribution in [2.75, 3.05) is 0 Å². The molecule has 7 aromatic carbocycles. The molecule has 49 heavy (non-hydrogen) atoms. The predicted molar refractivity (Wildman–Crippen MR) is 202 cm³/mol. The van der Waals surface area contributed by atoms with Gasteiger partial charge in [0.15, 0.2) is 5.82 Å². The van der Waals surface area contributed by atoms with E-state index in [4.69, 9.17) is 14.4 Å². The number of hydrogen-bond acceptors (Lipinski definition) is 3. The molecule has 3 heteroatoms. The first-order chi connectivity index (χ1) is 24.2. The second kappa shape index (κ2) is 12.2. The lowest BCUT2D eigenvalue weighted by molar-refractivity contribution is 0.669. The van der Waals surface area contributed by atoms with E-state index in [9.17, 15) is 0 Å². The lowest BCUT2D eigenvalue weighted by atomic mass is 9.98. The number of hydrogen-bond donors (Lipinski definition) is 0. The van der Waals surface area contributed by atoms with Gasteiger partial charge in [-0.2, -0.15) is 0 Å². The van der Waals surface area contributed by atoms with Gasteiger partial charge in [0, 0.05) is 27.5 Å². The highest BCUT2D eigenvalue weighted by molar-refractivity contribution is 6.05. The highest BCUT2D eigenvalue weighted by atomic mass is 16.3. The lowest BCUT2D eigenvalue weighted by Gasteiger charge is -2.11. The molecule has 0 aliphatic heterocycles. The fourth-order valence-electron chi connectivity index (χ4n) is 6.54. The maximum absolute atomic E-state index is 6.25. The number of furan rings is 1. The molecule has 0 aliphatic carbocycles. The number of benzene rings is 7. The predicted octanol–water partition coefficient (Wildman–Crippen LogP) is 12.4. The number of para-hydroxylation sites is 1. The summed E-state index contributed by atoms with van der Waals surface area (Å²) in [5.41, 5.74) is 13.5. The zero-order chi connectivity index (χ0) is 32.6. The zero-order valence-corrected chi connectivity index (χ0v) is 26.6. The van der Waals surface area contributed by atoms with E-state index in [1.165, 1.54) is 27.8 Å². The molecule has 0 saturated heterocycles. The quantitative estimate of drug-likeness (QED) is 0.184. The van der Waals surface area contributed by atoms with Gasteiger partial charge in [0.2, 0.25) is 0 Å². The van der Waals surface area contributed by atoms with Crippen molar-refractivity contribution in [3.8, 4) is 67.3 Å². The smallest absolute Gasteiger partial charge is 0.160 e. The Morgan fingerprint density at radius 2 is 0.755 bits per heavy atom. The summed E-state index contributed by atoms with van der Waals surface area (Å²) in [5.74, 6) is 0.675. The average molecular weight is 627 g/mol. The maximum atomic E-state index is 6.25. The van der Waals surface area contributed by atoms with Gasteiger partial charge in [-0.15, -0.1) is 0 Å². The van der Waals surface area contributed by atoms with Crippen molar-refractivity contribution < 1.29 is 4.42 Å². The molecular formula is C46H30N2O. The Balaban J connectivity index is 1.12. The van der Waals surface area contributed by atoms with E-state index in [2.05, 4.69) is 152 Å². The molecule has 0 fully saturated rings.